The number of anilines is 1. The standard InChI is InChI=1S/C19H17N3O6S/c1-13(18-6-3-11-28-18)20-19(23)14-7-9-15(10-8-14)21-29(26,27)17-5-2-4-16(12-17)22(24)25/h2-13,21H,1H3,(H,20,23)/t13-/m0/s1. The van der Waals surface area contributed by atoms with E-state index in [0.717, 1.165) is 6.07 Å². The average molecular weight is 415 g/mol. The summed E-state index contributed by atoms with van der Waals surface area (Å²) in [6.07, 6.45) is 1.51. The van der Waals surface area contributed by atoms with Gasteiger partial charge in [0.1, 0.15) is 5.76 Å². The van der Waals surface area contributed by atoms with Crippen LogP contribution >= 0.6 is 0 Å². The van der Waals surface area contributed by atoms with Crippen molar-refractivity contribution in [2.45, 2.75) is 17.9 Å². The molecule has 10 heteroatoms. The molecule has 2 N–H and O–H groups in total. The minimum Gasteiger partial charge on any atom is -0.467 e. The van der Waals surface area contributed by atoms with Crippen molar-refractivity contribution in [3.8, 4) is 0 Å². The van der Waals surface area contributed by atoms with E-state index < -0.39 is 14.9 Å². The molecule has 0 bridgehead atoms. The number of hydrogen-bond donors (Lipinski definition) is 2. The molecule has 3 aromatic rings. The van der Waals surface area contributed by atoms with Gasteiger partial charge in [0.15, 0.2) is 0 Å². The third-order valence-corrected chi connectivity index (χ3v) is 5.43. The van der Waals surface area contributed by atoms with Crippen LogP contribution in [0.15, 0.2) is 76.2 Å². The Morgan fingerprint density at radius 1 is 1.10 bits per heavy atom. The number of nitro benzene ring substituents is 1. The SMILES string of the molecule is C[C@H](NC(=O)c1ccc(NS(=O)(=O)c2cccc([N+](=O)[O-])c2)cc1)c1ccco1. The minimum absolute atomic E-state index is 0.215. The van der Waals surface area contributed by atoms with E-state index in [1.165, 1.54) is 48.7 Å². The molecule has 9 nitrogen and oxygen atoms in total. The number of amides is 1. The zero-order valence-electron chi connectivity index (χ0n) is 15.2. The van der Waals surface area contributed by atoms with Gasteiger partial charge in [0, 0.05) is 23.4 Å². The van der Waals surface area contributed by atoms with Crippen LogP contribution in [0.4, 0.5) is 11.4 Å². The smallest absolute Gasteiger partial charge is 0.270 e. The van der Waals surface area contributed by atoms with Crippen molar-refractivity contribution < 1.29 is 22.6 Å². The number of benzene rings is 2. The molecule has 1 atom stereocenters. The van der Waals surface area contributed by atoms with Gasteiger partial charge in [-0.1, -0.05) is 6.07 Å². The molecule has 2 aromatic carbocycles. The summed E-state index contributed by atoms with van der Waals surface area (Å²) in [5.74, 6) is 0.265. The molecule has 1 aromatic heterocycles. The number of nitrogens with zero attached hydrogens (tertiary/aromatic N) is 1. The van der Waals surface area contributed by atoms with Crippen molar-refractivity contribution >= 4 is 27.3 Å². The van der Waals surface area contributed by atoms with Gasteiger partial charge in [0.25, 0.3) is 21.6 Å². The molecule has 0 radical (unpaired) electrons. The first kappa shape index (κ1) is 20.1. The van der Waals surface area contributed by atoms with E-state index in [0.29, 0.717) is 11.3 Å². The minimum atomic E-state index is -4.02. The van der Waals surface area contributed by atoms with Crippen LogP contribution in [-0.4, -0.2) is 19.2 Å². The number of nitrogens with one attached hydrogen (secondary N) is 2. The fourth-order valence-electron chi connectivity index (χ4n) is 2.56. The maximum atomic E-state index is 12.4. The molecule has 0 aliphatic carbocycles. The lowest BCUT2D eigenvalue weighted by molar-refractivity contribution is -0.385. The van der Waals surface area contributed by atoms with Crippen molar-refractivity contribution in [3.63, 3.8) is 0 Å². The fraction of sp³-hybridized carbons (Fsp3) is 0.105. The number of nitro groups is 1. The van der Waals surface area contributed by atoms with Crippen molar-refractivity contribution in [2.24, 2.45) is 0 Å². The summed E-state index contributed by atoms with van der Waals surface area (Å²) in [7, 11) is -4.02. The summed E-state index contributed by atoms with van der Waals surface area (Å²) in [5, 5.41) is 13.6. The second-order valence-corrected chi connectivity index (χ2v) is 7.83. The zero-order chi connectivity index (χ0) is 21.0. The molecule has 3 rings (SSSR count). The fourth-order valence-corrected chi connectivity index (χ4v) is 3.65. The molecule has 1 amide bonds. The molecular formula is C19H17N3O6S. The molecule has 29 heavy (non-hydrogen) atoms. The highest BCUT2D eigenvalue weighted by atomic mass is 32.2. The second-order valence-electron chi connectivity index (χ2n) is 6.15. The van der Waals surface area contributed by atoms with E-state index in [1.54, 1.807) is 19.1 Å². The second kappa shape index (κ2) is 8.15. The van der Waals surface area contributed by atoms with Crippen LogP contribution in [0, 0.1) is 10.1 Å². The van der Waals surface area contributed by atoms with Crippen LogP contribution in [0.5, 0.6) is 0 Å². The van der Waals surface area contributed by atoms with Gasteiger partial charge < -0.3 is 9.73 Å². The molecule has 0 aliphatic heterocycles. The van der Waals surface area contributed by atoms with E-state index in [1.807, 2.05) is 0 Å². The number of hydrogen-bond acceptors (Lipinski definition) is 6. The van der Waals surface area contributed by atoms with Crippen molar-refractivity contribution in [3.05, 3.63) is 88.4 Å². The Bertz CT molecular complexity index is 1130. The summed E-state index contributed by atoms with van der Waals surface area (Å²) in [5.41, 5.74) is 0.222. The average Bonchev–Trinajstić information content (AvgIpc) is 3.23. The maximum absolute atomic E-state index is 12.4. The third-order valence-electron chi connectivity index (χ3n) is 4.06. The Labute approximate surface area is 166 Å². The predicted octanol–water partition coefficient (Wildman–Crippen LogP) is 3.48. The van der Waals surface area contributed by atoms with E-state index in [4.69, 9.17) is 4.42 Å². The number of sulfonamides is 1. The van der Waals surface area contributed by atoms with Gasteiger partial charge in [-0.2, -0.15) is 0 Å². The highest BCUT2D eigenvalue weighted by molar-refractivity contribution is 7.92. The van der Waals surface area contributed by atoms with Gasteiger partial charge in [-0.05, 0) is 49.4 Å². The van der Waals surface area contributed by atoms with E-state index in [-0.39, 0.29) is 28.2 Å². The van der Waals surface area contributed by atoms with E-state index in [2.05, 4.69) is 10.0 Å². The van der Waals surface area contributed by atoms with E-state index >= 15 is 0 Å². The van der Waals surface area contributed by atoms with Crippen LogP contribution in [0.2, 0.25) is 0 Å². The molecule has 0 spiro atoms. The number of rotatable bonds is 7. The number of carbonyl (C=O) groups excluding carboxylic acids is 1. The van der Waals surface area contributed by atoms with Crippen molar-refractivity contribution in [2.75, 3.05) is 4.72 Å². The summed E-state index contributed by atoms with van der Waals surface area (Å²) >= 11 is 0. The molecule has 0 aliphatic rings. The van der Waals surface area contributed by atoms with Crippen LogP contribution in [0.25, 0.3) is 0 Å². The Balaban J connectivity index is 1.70. The molecule has 150 valence electrons. The third kappa shape index (κ3) is 4.79. The lowest BCUT2D eigenvalue weighted by Crippen LogP contribution is -2.26. The highest BCUT2D eigenvalue weighted by Gasteiger charge is 2.18. The molecule has 0 unspecified atom stereocenters. The van der Waals surface area contributed by atoms with Gasteiger partial charge in [0.2, 0.25) is 0 Å². The predicted molar refractivity (Wildman–Crippen MR) is 105 cm³/mol. The van der Waals surface area contributed by atoms with Gasteiger partial charge in [-0.25, -0.2) is 8.42 Å². The molecule has 1 heterocycles. The van der Waals surface area contributed by atoms with Crippen molar-refractivity contribution in [1.82, 2.24) is 5.32 Å². The first-order valence-corrected chi connectivity index (χ1v) is 9.96. The first-order chi connectivity index (χ1) is 13.8. The Kier molecular flexibility index (Phi) is 5.64. The van der Waals surface area contributed by atoms with Gasteiger partial charge in [-0.3, -0.25) is 19.6 Å². The summed E-state index contributed by atoms with van der Waals surface area (Å²) in [4.78, 5) is 22.2. The van der Waals surface area contributed by atoms with Crippen molar-refractivity contribution in [1.29, 1.82) is 0 Å². The number of furan rings is 1. The van der Waals surface area contributed by atoms with E-state index in [9.17, 15) is 23.3 Å². The van der Waals surface area contributed by atoms with Crippen LogP contribution in [0.1, 0.15) is 29.1 Å². The lowest BCUT2D eigenvalue weighted by atomic mass is 10.1. The summed E-state index contributed by atoms with van der Waals surface area (Å²) in [6, 6.07) is 13.7. The topological polar surface area (TPSA) is 132 Å². The van der Waals surface area contributed by atoms with Crippen LogP contribution < -0.4 is 10.0 Å². The number of carbonyl (C=O) groups is 1. The summed E-state index contributed by atoms with van der Waals surface area (Å²) < 4.78 is 32.5. The Morgan fingerprint density at radius 3 is 2.45 bits per heavy atom. The maximum Gasteiger partial charge on any atom is 0.270 e. The van der Waals surface area contributed by atoms with Gasteiger partial charge in [-0.15, -0.1) is 0 Å². The van der Waals surface area contributed by atoms with Crippen LogP contribution in [0.3, 0.4) is 0 Å². The Morgan fingerprint density at radius 2 is 1.83 bits per heavy atom. The number of non-ortho nitro benzene ring substituents is 1. The highest BCUT2D eigenvalue weighted by Crippen LogP contribution is 2.21. The quantitative estimate of drug-likeness (QED) is 0.448. The zero-order valence-corrected chi connectivity index (χ0v) is 16.0. The monoisotopic (exact) mass is 415 g/mol. The van der Waals surface area contributed by atoms with Crippen LogP contribution in [-0.2, 0) is 10.0 Å². The first-order valence-electron chi connectivity index (χ1n) is 8.48. The van der Waals surface area contributed by atoms with Gasteiger partial charge >= 0.3 is 0 Å². The molecular weight excluding hydrogens is 398 g/mol. The Hall–Kier alpha value is -3.66. The lowest BCUT2D eigenvalue weighted by Gasteiger charge is -2.12. The molecule has 0 saturated heterocycles. The molecule has 0 saturated carbocycles. The normalized spacial score (nSPS) is 12.2. The largest absolute Gasteiger partial charge is 0.467 e. The van der Waals surface area contributed by atoms with Gasteiger partial charge in [0.05, 0.1) is 22.1 Å². The molecule has 0 fully saturated rings. The summed E-state index contributed by atoms with van der Waals surface area (Å²) in [6.45, 7) is 1.78.